The van der Waals surface area contributed by atoms with E-state index in [0.29, 0.717) is 11.6 Å². The van der Waals surface area contributed by atoms with Crippen molar-refractivity contribution in [2.75, 3.05) is 27.3 Å². The predicted octanol–water partition coefficient (Wildman–Crippen LogP) is 3.67. The molecule has 1 aliphatic rings. The normalized spacial score (nSPS) is 14.6. The molecule has 1 aliphatic heterocycles. The van der Waals surface area contributed by atoms with Crippen molar-refractivity contribution in [3.8, 4) is 39.2 Å². The van der Waals surface area contributed by atoms with Crippen LogP contribution in [0, 0.1) is 0 Å². The molecule has 8 nitrogen and oxygen atoms in total. The molecule has 0 unspecified atom stereocenters. The Balaban J connectivity index is 1.38. The molecule has 0 bridgehead atoms. The number of aromatic nitrogens is 4. The third kappa shape index (κ3) is 4.06. The van der Waals surface area contributed by atoms with Crippen LogP contribution in [-0.4, -0.2) is 53.0 Å². The number of hydrogen-bond donors (Lipinski definition) is 1. The SMILES string of the molecule is COc1ccc(-c2cn3nc(-c4ccc(OC5CCNCC5)c(OC)c4)sc3n2)cn1. The lowest BCUT2D eigenvalue weighted by Crippen LogP contribution is -2.34. The Bertz CT molecular complexity index is 1150. The minimum atomic E-state index is 0.218. The van der Waals surface area contributed by atoms with E-state index in [0.717, 1.165) is 58.5 Å². The van der Waals surface area contributed by atoms with E-state index >= 15 is 0 Å². The molecule has 1 saturated heterocycles. The Kier molecular flexibility index (Phi) is 5.44. The molecular weight excluding hydrogens is 414 g/mol. The monoisotopic (exact) mass is 437 g/mol. The molecule has 1 aromatic carbocycles. The zero-order chi connectivity index (χ0) is 21.2. The molecule has 0 radical (unpaired) electrons. The van der Waals surface area contributed by atoms with Crippen molar-refractivity contribution in [3.63, 3.8) is 0 Å². The third-order valence-electron chi connectivity index (χ3n) is 5.27. The summed E-state index contributed by atoms with van der Waals surface area (Å²) in [7, 11) is 3.26. The van der Waals surface area contributed by atoms with Gasteiger partial charge in [0.05, 0.1) is 26.1 Å². The minimum Gasteiger partial charge on any atom is -0.493 e. The van der Waals surface area contributed by atoms with Crippen LogP contribution < -0.4 is 19.5 Å². The zero-order valence-electron chi connectivity index (χ0n) is 17.4. The number of benzene rings is 1. The lowest BCUT2D eigenvalue weighted by Gasteiger charge is -2.24. The standard InChI is InChI=1S/C22H23N5O3S/c1-28-19-11-14(3-5-18(19)30-16-7-9-23-10-8-16)21-26-27-13-17(25-22(27)31-21)15-4-6-20(29-2)24-12-15/h3-6,11-13,16,23H,7-10H2,1-2H3. The number of fused-ring (bicyclic) bond motifs is 1. The highest BCUT2D eigenvalue weighted by atomic mass is 32.1. The first-order valence-corrected chi connectivity index (χ1v) is 11.0. The summed E-state index contributed by atoms with van der Waals surface area (Å²) in [4.78, 5) is 9.76. The number of rotatable bonds is 6. The lowest BCUT2D eigenvalue weighted by molar-refractivity contribution is 0.157. The maximum absolute atomic E-state index is 6.18. The summed E-state index contributed by atoms with van der Waals surface area (Å²) in [6.07, 6.45) is 5.87. The van der Waals surface area contributed by atoms with Crippen molar-refractivity contribution in [2.45, 2.75) is 18.9 Å². The topological polar surface area (TPSA) is 82.8 Å². The van der Waals surface area contributed by atoms with Gasteiger partial charge in [-0.1, -0.05) is 11.3 Å². The number of nitrogens with one attached hydrogen (secondary N) is 1. The second kappa shape index (κ2) is 8.52. The van der Waals surface area contributed by atoms with Crippen LogP contribution in [0.15, 0.2) is 42.7 Å². The Hall–Kier alpha value is -3.17. The van der Waals surface area contributed by atoms with Crippen LogP contribution in [0.1, 0.15) is 12.8 Å². The number of nitrogens with zero attached hydrogens (tertiary/aromatic N) is 4. The molecule has 31 heavy (non-hydrogen) atoms. The summed E-state index contributed by atoms with van der Waals surface area (Å²) in [5.74, 6) is 2.06. The summed E-state index contributed by atoms with van der Waals surface area (Å²) in [5, 5.41) is 8.93. The molecule has 3 aromatic heterocycles. The number of piperidine rings is 1. The van der Waals surface area contributed by atoms with Crippen molar-refractivity contribution in [3.05, 3.63) is 42.7 Å². The summed E-state index contributed by atoms with van der Waals surface area (Å²) in [6, 6.07) is 9.72. The van der Waals surface area contributed by atoms with E-state index in [1.165, 1.54) is 11.3 Å². The van der Waals surface area contributed by atoms with Crippen molar-refractivity contribution in [2.24, 2.45) is 0 Å². The highest BCUT2D eigenvalue weighted by molar-refractivity contribution is 7.19. The molecule has 4 aromatic rings. The van der Waals surface area contributed by atoms with E-state index in [2.05, 4.69) is 10.3 Å². The van der Waals surface area contributed by atoms with Gasteiger partial charge in [0.1, 0.15) is 11.1 Å². The van der Waals surface area contributed by atoms with Gasteiger partial charge in [-0.2, -0.15) is 5.10 Å². The van der Waals surface area contributed by atoms with Gasteiger partial charge in [0.2, 0.25) is 10.8 Å². The van der Waals surface area contributed by atoms with Crippen LogP contribution >= 0.6 is 11.3 Å². The highest BCUT2D eigenvalue weighted by Gasteiger charge is 2.18. The Labute approximate surface area is 183 Å². The van der Waals surface area contributed by atoms with E-state index < -0.39 is 0 Å². The molecular formula is C22H23N5O3S. The predicted molar refractivity (Wildman–Crippen MR) is 119 cm³/mol. The molecule has 0 aliphatic carbocycles. The number of methoxy groups -OCH3 is 2. The molecule has 0 spiro atoms. The smallest absolute Gasteiger partial charge is 0.213 e. The van der Waals surface area contributed by atoms with E-state index in [1.807, 2.05) is 36.5 Å². The number of pyridine rings is 1. The maximum atomic E-state index is 6.18. The molecule has 9 heteroatoms. The molecule has 160 valence electrons. The average molecular weight is 438 g/mol. The van der Waals surface area contributed by atoms with Crippen LogP contribution in [-0.2, 0) is 0 Å². The van der Waals surface area contributed by atoms with Crippen LogP contribution in [0.25, 0.3) is 26.8 Å². The van der Waals surface area contributed by atoms with E-state index in [4.69, 9.17) is 24.3 Å². The van der Waals surface area contributed by atoms with Gasteiger partial charge in [-0.25, -0.2) is 14.5 Å². The minimum absolute atomic E-state index is 0.218. The molecule has 0 saturated carbocycles. The highest BCUT2D eigenvalue weighted by Crippen LogP contribution is 2.36. The first-order chi connectivity index (χ1) is 15.2. The Morgan fingerprint density at radius 2 is 1.87 bits per heavy atom. The van der Waals surface area contributed by atoms with Crippen molar-refractivity contribution in [1.29, 1.82) is 0 Å². The largest absolute Gasteiger partial charge is 0.493 e. The van der Waals surface area contributed by atoms with Crippen molar-refractivity contribution >= 4 is 16.3 Å². The number of imidazole rings is 1. The average Bonchev–Trinajstić information content (AvgIpc) is 3.40. The van der Waals surface area contributed by atoms with Crippen molar-refractivity contribution < 1.29 is 14.2 Å². The lowest BCUT2D eigenvalue weighted by atomic mass is 10.1. The second-order valence-corrected chi connectivity index (χ2v) is 8.24. The zero-order valence-corrected chi connectivity index (χ0v) is 18.2. The van der Waals surface area contributed by atoms with E-state index in [1.54, 1.807) is 24.9 Å². The van der Waals surface area contributed by atoms with Gasteiger partial charge >= 0.3 is 0 Å². The number of ether oxygens (including phenoxy) is 3. The first kappa shape index (κ1) is 19.8. The first-order valence-electron chi connectivity index (χ1n) is 10.2. The summed E-state index contributed by atoms with van der Waals surface area (Å²) < 4.78 is 18.7. The van der Waals surface area contributed by atoms with Crippen molar-refractivity contribution in [1.82, 2.24) is 24.9 Å². The summed E-state index contributed by atoms with van der Waals surface area (Å²) in [6.45, 7) is 1.97. The number of hydrogen-bond acceptors (Lipinski definition) is 8. The van der Waals surface area contributed by atoms with Gasteiger partial charge in [0.15, 0.2) is 11.5 Å². The molecule has 1 fully saturated rings. The van der Waals surface area contributed by atoms with Crippen LogP contribution in [0.5, 0.6) is 17.4 Å². The van der Waals surface area contributed by atoms with Gasteiger partial charge in [0.25, 0.3) is 0 Å². The Morgan fingerprint density at radius 1 is 1.03 bits per heavy atom. The second-order valence-electron chi connectivity index (χ2n) is 7.28. The molecule has 0 atom stereocenters. The van der Waals surface area contributed by atoms with Gasteiger partial charge in [-0.05, 0) is 50.2 Å². The van der Waals surface area contributed by atoms with Crippen LogP contribution in [0.2, 0.25) is 0 Å². The van der Waals surface area contributed by atoms with Gasteiger partial charge < -0.3 is 19.5 Å². The van der Waals surface area contributed by atoms with E-state index in [-0.39, 0.29) is 6.10 Å². The third-order valence-corrected chi connectivity index (χ3v) is 6.25. The van der Waals surface area contributed by atoms with Gasteiger partial charge in [0, 0.05) is 23.4 Å². The molecule has 0 amide bonds. The summed E-state index contributed by atoms with van der Waals surface area (Å²) in [5.41, 5.74) is 2.71. The summed E-state index contributed by atoms with van der Waals surface area (Å²) >= 11 is 1.53. The molecule has 5 rings (SSSR count). The molecule has 1 N–H and O–H groups in total. The Morgan fingerprint density at radius 3 is 2.58 bits per heavy atom. The fraction of sp³-hybridized carbons (Fsp3) is 0.318. The van der Waals surface area contributed by atoms with Crippen LogP contribution in [0.4, 0.5) is 0 Å². The van der Waals surface area contributed by atoms with Gasteiger partial charge in [-0.15, -0.1) is 0 Å². The quantitative estimate of drug-likeness (QED) is 0.493. The van der Waals surface area contributed by atoms with Gasteiger partial charge in [-0.3, -0.25) is 0 Å². The fourth-order valence-electron chi connectivity index (χ4n) is 3.60. The van der Waals surface area contributed by atoms with E-state index in [9.17, 15) is 0 Å². The fourth-order valence-corrected chi connectivity index (χ4v) is 4.48. The molecule has 4 heterocycles. The van der Waals surface area contributed by atoms with Crippen LogP contribution in [0.3, 0.4) is 0 Å². The maximum Gasteiger partial charge on any atom is 0.213 e.